The minimum Gasteiger partial charge on any atom is -0.373 e. The molecule has 0 aliphatic carbocycles. The van der Waals surface area contributed by atoms with E-state index in [0.29, 0.717) is 5.56 Å². The molecule has 1 heterocycles. The molecule has 4 N–H and O–H groups in total. The smallest absolute Gasteiger partial charge is 0.143 e. The van der Waals surface area contributed by atoms with Crippen LogP contribution in [0.15, 0.2) is 24.5 Å². The number of aromatic nitrogens is 1. The largest absolute Gasteiger partial charge is 0.373 e. The number of aliphatic hydroxyl groups is 1. The summed E-state index contributed by atoms with van der Waals surface area (Å²) in [7, 11) is 0. The van der Waals surface area contributed by atoms with E-state index in [1.807, 2.05) is 0 Å². The Morgan fingerprint density at radius 2 is 2.10 bits per heavy atom. The number of nitrogens with one attached hydrogen (secondary N) is 1. The van der Waals surface area contributed by atoms with E-state index in [4.69, 9.17) is 10.9 Å². The van der Waals surface area contributed by atoms with Crippen LogP contribution in [0, 0.1) is 0 Å². The van der Waals surface area contributed by atoms with Crippen molar-refractivity contribution in [2.45, 2.75) is 6.23 Å². The molecule has 0 fully saturated rings. The molecule has 0 radical (unpaired) electrons. The van der Waals surface area contributed by atoms with E-state index in [1.165, 1.54) is 0 Å². The first kappa shape index (κ1) is 7.14. The predicted octanol–water partition coefficient (Wildman–Crippen LogP) is -0.464. The van der Waals surface area contributed by atoms with Crippen molar-refractivity contribution in [2.24, 2.45) is 5.84 Å². The molecule has 54 valence electrons. The van der Waals surface area contributed by atoms with Crippen molar-refractivity contribution in [3.63, 3.8) is 0 Å². The second-order valence-electron chi connectivity index (χ2n) is 1.85. The van der Waals surface area contributed by atoms with Gasteiger partial charge in [-0.15, -0.1) is 0 Å². The van der Waals surface area contributed by atoms with Crippen molar-refractivity contribution in [1.82, 2.24) is 10.4 Å². The van der Waals surface area contributed by atoms with Crippen molar-refractivity contribution in [1.29, 1.82) is 0 Å². The van der Waals surface area contributed by atoms with Gasteiger partial charge in [0.1, 0.15) is 6.23 Å². The van der Waals surface area contributed by atoms with Crippen LogP contribution in [-0.4, -0.2) is 10.1 Å². The van der Waals surface area contributed by atoms with Gasteiger partial charge in [0.15, 0.2) is 0 Å². The Bertz CT molecular complexity index is 189. The van der Waals surface area contributed by atoms with E-state index >= 15 is 0 Å². The summed E-state index contributed by atoms with van der Waals surface area (Å²) < 4.78 is 0. The molecule has 1 unspecified atom stereocenters. The van der Waals surface area contributed by atoms with Crippen molar-refractivity contribution in [3.8, 4) is 0 Å². The summed E-state index contributed by atoms with van der Waals surface area (Å²) >= 11 is 0. The third-order valence-electron chi connectivity index (χ3n) is 1.18. The highest BCUT2D eigenvalue weighted by molar-refractivity contribution is 5.11. The van der Waals surface area contributed by atoms with Gasteiger partial charge in [0.25, 0.3) is 0 Å². The Hall–Kier alpha value is -0.970. The van der Waals surface area contributed by atoms with E-state index in [9.17, 15) is 0 Å². The molecular weight excluding hydrogens is 130 g/mol. The number of aliphatic hydroxyl groups excluding tert-OH is 1. The Labute approximate surface area is 58.7 Å². The number of rotatable bonds is 2. The summed E-state index contributed by atoms with van der Waals surface area (Å²) in [6, 6.07) is 3.37. The predicted molar refractivity (Wildman–Crippen MR) is 36.5 cm³/mol. The number of hydrogen-bond acceptors (Lipinski definition) is 4. The average molecular weight is 139 g/mol. The lowest BCUT2D eigenvalue weighted by Gasteiger charge is -2.06. The van der Waals surface area contributed by atoms with Crippen LogP contribution in [-0.2, 0) is 0 Å². The monoisotopic (exact) mass is 139 g/mol. The molecule has 1 aromatic rings. The number of hydrogen-bond donors (Lipinski definition) is 3. The van der Waals surface area contributed by atoms with E-state index < -0.39 is 6.23 Å². The first-order valence-electron chi connectivity index (χ1n) is 2.88. The first-order chi connectivity index (χ1) is 4.84. The Morgan fingerprint density at radius 3 is 2.60 bits per heavy atom. The maximum atomic E-state index is 9.07. The van der Waals surface area contributed by atoms with Crippen LogP contribution in [0.2, 0.25) is 0 Å². The number of nitrogens with two attached hydrogens (primary N) is 1. The molecule has 1 atom stereocenters. The van der Waals surface area contributed by atoms with Gasteiger partial charge in [0.2, 0.25) is 0 Å². The van der Waals surface area contributed by atoms with Gasteiger partial charge in [0.05, 0.1) is 0 Å². The van der Waals surface area contributed by atoms with Gasteiger partial charge in [-0.05, 0) is 17.7 Å². The molecule has 1 aromatic heterocycles. The minimum atomic E-state index is -0.803. The van der Waals surface area contributed by atoms with Crippen LogP contribution in [0.4, 0.5) is 0 Å². The zero-order valence-electron chi connectivity index (χ0n) is 5.36. The fourth-order valence-electron chi connectivity index (χ4n) is 0.642. The van der Waals surface area contributed by atoms with Crippen LogP contribution in [0.5, 0.6) is 0 Å². The maximum absolute atomic E-state index is 9.07. The molecule has 10 heavy (non-hydrogen) atoms. The van der Waals surface area contributed by atoms with Crippen molar-refractivity contribution in [3.05, 3.63) is 30.1 Å². The van der Waals surface area contributed by atoms with Gasteiger partial charge >= 0.3 is 0 Å². The van der Waals surface area contributed by atoms with Crippen molar-refractivity contribution in [2.75, 3.05) is 0 Å². The zero-order chi connectivity index (χ0) is 7.40. The van der Waals surface area contributed by atoms with Crippen LogP contribution in [0.1, 0.15) is 11.8 Å². The van der Waals surface area contributed by atoms with Crippen LogP contribution in [0.25, 0.3) is 0 Å². The summed E-state index contributed by atoms with van der Waals surface area (Å²) in [4.78, 5) is 3.78. The Balaban J connectivity index is 2.75. The highest BCUT2D eigenvalue weighted by Gasteiger charge is 2.00. The highest BCUT2D eigenvalue weighted by Crippen LogP contribution is 2.04. The van der Waals surface area contributed by atoms with Gasteiger partial charge in [-0.3, -0.25) is 10.8 Å². The van der Waals surface area contributed by atoms with E-state index in [0.717, 1.165) is 0 Å². The molecule has 4 heteroatoms. The summed E-state index contributed by atoms with van der Waals surface area (Å²) in [6.45, 7) is 0. The van der Waals surface area contributed by atoms with E-state index in [1.54, 1.807) is 24.5 Å². The molecule has 0 spiro atoms. The van der Waals surface area contributed by atoms with Gasteiger partial charge in [-0.1, -0.05) is 0 Å². The summed E-state index contributed by atoms with van der Waals surface area (Å²) in [5.41, 5.74) is 2.92. The molecule has 0 bridgehead atoms. The zero-order valence-corrected chi connectivity index (χ0v) is 5.36. The molecule has 0 aromatic carbocycles. The molecular formula is C6H9N3O. The molecule has 0 aliphatic rings. The van der Waals surface area contributed by atoms with Gasteiger partial charge in [-0.25, -0.2) is 5.43 Å². The Kier molecular flexibility index (Phi) is 2.33. The second kappa shape index (κ2) is 3.26. The molecule has 1 rings (SSSR count). The summed E-state index contributed by atoms with van der Waals surface area (Å²) in [5, 5.41) is 9.07. The van der Waals surface area contributed by atoms with Crippen LogP contribution >= 0.6 is 0 Å². The van der Waals surface area contributed by atoms with Crippen molar-refractivity contribution >= 4 is 0 Å². The third kappa shape index (κ3) is 1.51. The summed E-state index contributed by atoms with van der Waals surface area (Å²) in [6.07, 6.45) is 2.38. The fourth-order valence-corrected chi connectivity index (χ4v) is 0.642. The lowest BCUT2D eigenvalue weighted by atomic mass is 10.2. The van der Waals surface area contributed by atoms with Gasteiger partial charge in [0, 0.05) is 12.4 Å². The fraction of sp³-hybridized carbons (Fsp3) is 0.167. The Morgan fingerprint density at radius 1 is 1.50 bits per heavy atom. The molecule has 0 amide bonds. The molecule has 0 saturated heterocycles. The SMILES string of the molecule is NNC(O)c1ccncc1. The van der Waals surface area contributed by atoms with Gasteiger partial charge < -0.3 is 5.11 Å². The maximum Gasteiger partial charge on any atom is 0.143 e. The van der Waals surface area contributed by atoms with Crippen LogP contribution in [0.3, 0.4) is 0 Å². The lowest BCUT2D eigenvalue weighted by Crippen LogP contribution is -2.27. The standard InChI is InChI=1S/C6H9N3O/c7-9-6(10)5-1-3-8-4-2-5/h1-4,6,9-10H,7H2. The first-order valence-corrected chi connectivity index (χ1v) is 2.88. The topological polar surface area (TPSA) is 71.2 Å². The lowest BCUT2D eigenvalue weighted by molar-refractivity contribution is 0.140. The van der Waals surface area contributed by atoms with E-state index in [2.05, 4.69) is 10.4 Å². The van der Waals surface area contributed by atoms with Crippen LogP contribution < -0.4 is 11.3 Å². The number of pyridine rings is 1. The second-order valence-corrected chi connectivity index (χ2v) is 1.85. The highest BCUT2D eigenvalue weighted by atomic mass is 16.3. The number of nitrogens with zero attached hydrogens (tertiary/aromatic N) is 1. The molecule has 0 saturated carbocycles. The summed E-state index contributed by atoms with van der Waals surface area (Å²) in [5.74, 6) is 4.98. The quantitative estimate of drug-likeness (QED) is 0.294. The van der Waals surface area contributed by atoms with Crippen molar-refractivity contribution < 1.29 is 5.11 Å². The molecule has 4 nitrogen and oxygen atoms in total. The molecule has 0 aliphatic heterocycles. The van der Waals surface area contributed by atoms with Gasteiger partial charge in [-0.2, -0.15) is 0 Å². The third-order valence-corrected chi connectivity index (χ3v) is 1.18. The van der Waals surface area contributed by atoms with E-state index in [-0.39, 0.29) is 0 Å². The average Bonchev–Trinajstić information content (AvgIpc) is 2.05. The normalized spacial score (nSPS) is 13.0. The number of hydrazine groups is 1. The minimum absolute atomic E-state index is 0.706.